The highest BCUT2D eigenvalue weighted by Crippen LogP contribution is 2.42. The molecule has 3 nitrogen and oxygen atoms in total. The first-order valence-corrected chi connectivity index (χ1v) is 8.13. The largest absolute Gasteiger partial charge is 0.320 e. The first-order valence-electron chi connectivity index (χ1n) is 7.31. The highest BCUT2D eigenvalue weighted by molar-refractivity contribution is 7.15. The van der Waals surface area contributed by atoms with E-state index in [4.69, 9.17) is 10.2 Å². The number of benzene rings is 1. The van der Waals surface area contributed by atoms with Crippen LogP contribution in [-0.4, -0.2) is 9.55 Å². The minimum Gasteiger partial charge on any atom is -0.320 e. The lowest BCUT2D eigenvalue weighted by Crippen LogP contribution is -1.95. The molecule has 0 amide bonds. The Morgan fingerprint density at radius 2 is 2.19 bits per heavy atom. The second-order valence-electron chi connectivity index (χ2n) is 5.47. The first-order chi connectivity index (χ1) is 10.3. The van der Waals surface area contributed by atoms with E-state index in [1.807, 2.05) is 29.5 Å². The van der Waals surface area contributed by atoms with Crippen LogP contribution in [0.5, 0.6) is 0 Å². The predicted octanol–water partition coefficient (Wildman–Crippen LogP) is 4.53. The van der Waals surface area contributed by atoms with Crippen molar-refractivity contribution in [2.45, 2.75) is 32.2 Å². The summed E-state index contributed by atoms with van der Waals surface area (Å²) >= 11 is 1.82. The van der Waals surface area contributed by atoms with Gasteiger partial charge in [0.2, 0.25) is 0 Å². The third-order valence-corrected chi connectivity index (χ3v) is 5.19. The molecule has 21 heavy (non-hydrogen) atoms. The Balaban J connectivity index is 1.94. The third-order valence-electron chi connectivity index (χ3n) is 3.96. The normalized spacial score (nSPS) is 14.5. The zero-order valence-corrected chi connectivity index (χ0v) is 12.7. The average Bonchev–Trinajstić information content (AvgIpc) is 3.12. The topological polar surface area (TPSA) is 41.6 Å². The van der Waals surface area contributed by atoms with Gasteiger partial charge in [0.15, 0.2) is 5.82 Å². The van der Waals surface area contributed by atoms with E-state index in [1.54, 1.807) is 0 Å². The summed E-state index contributed by atoms with van der Waals surface area (Å²) in [6.07, 6.45) is 3.52. The van der Waals surface area contributed by atoms with Crippen molar-refractivity contribution in [2.75, 3.05) is 0 Å². The number of aromatic nitrogens is 2. The second-order valence-corrected chi connectivity index (χ2v) is 6.64. The second kappa shape index (κ2) is 4.71. The molecule has 0 saturated heterocycles. The molecule has 1 aliphatic carbocycles. The van der Waals surface area contributed by atoms with E-state index >= 15 is 0 Å². The number of thiophene rings is 1. The van der Waals surface area contributed by atoms with Gasteiger partial charge in [0.1, 0.15) is 0 Å². The van der Waals surface area contributed by atoms with Crippen molar-refractivity contribution in [2.24, 2.45) is 0 Å². The average molecular weight is 293 g/mol. The molecule has 4 heteroatoms. The van der Waals surface area contributed by atoms with Crippen LogP contribution in [0.4, 0.5) is 0 Å². The van der Waals surface area contributed by atoms with Crippen LogP contribution in [-0.2, 0) is 6.42 Å². The van der Waals surface area contributed by atoms with E-state index in [1.165, 1.54) is 22.6 Å². The van der Waals surface area contributed by atoms with Crippen LogP contribution in [0.25, 0.3) is 21.7 Å². The number of hydrogen-bond donors (Lipinski definition) is 0. The van der Waals surface area contributed by atoms with Gasteiger partial charge in [0.05, 0.1) is 27.5 Å². The van der Waals surface area contributed by atoms with E-state index in [2.05, 4.69) is 29.7 Å². The van der Waals surface area contributed by atoms with Gasteiger partial charge in [-0.05, 0) is 49.6 Å². The van der Waals surface area contributed by atoms with Gasteiger partial charge in [-0.15, -0.1) is 11.3 Å². The highest BCUT2D eigenvalue weighted by atomic mass is 32.1. The first kappa shape index (κ1) is 12.6. The molecule has 0 radical (unpaired) electrons. The van der Waals surface area contributed by atoms with Crippen molar-refractivity contribution < 1.29 is 0 Å². The van der Waals surface area contributed by atoms with E-state index in [-0.39, 0.29) is 0 Å². The minimum atomic E-state index is 0.574. The molecule has 3 aromatic rings. The molecular formula is C17H15N3S. The molecule has 104 valence electrons. The summed E-state index contributed by atoms with van der Waals surface area (Å²) in [5, 5.41) is 9.06. The third kappa shape index (κ3) is 2.05. The van der Waals surface area contributed by atoms with Gasteiger partial charge < -0.3 is 4.57 Å². The Bertz CT molecular complexity index is 862. The maximum Gasteiger partial charge on any atom is 0.151 e. The van der Waals surface area contributed by atoms with Crippen molar-refractivity contribution in [3.8, 4) is 16.8 Å². The summed E-state index contributed by atoms with van der Waals surface area (Å²) in [6, 6.07) is 13.0. The number of imidazole rings is 1. The van der Waals surface area contributed by atoms with Crippen LogP contribution in [0.1, 0.15) is 36.2 Å². The molecule has 2 heterocycles. The van der Waals surface area contributed by atoms with Crippen LogP contribution in [0.2, 0.25) is 0 Å². The van der Waals surface area contributed by atoms with Gasteiger partial charge in [-0.25, -0.2) is 4.98 Å². The van der Waals surface area contributed by atoms with Crippen molar-refractivity contribution in [1.29, 1.82) is 5.26 Å². The number of fused-ring (bicyclic) bond motifs is 1. The van der Waals surface area contributed by atoms with Gasteiger partial charge in [0, 0.05) is 10.9 Å². The molecule has 0 aliphatic heterocycles. The molecule has 0 unspecified atom stereocenters. The predicted molar refractivity (Wildman–Crippen MR) is 85.4 cm³/mol. The van der Waals surface area contributed by atoms with Gasteiger partial charge >= 0.3 is 0 Å². The molecule has 1 saturated carbocycles. The summed E-state index contributed by atoms with van der Waals surface area (Å²) in [5.74, 6) is 1.06. The fourth-order valence-electron chi connectivity index (χ4n) is 2.73. The molecule has 0 bridgehead atoms. The van der Waals surface area contributed by atoms with E-state index in [0.717, 1.165) is 23.3 Å². The van der Waals surface area contributed by atoms with Crippen molar-refractivity contribution in [3.05, 3.63) is 40.8 Å². The Morgan fingerprint density at radius 1 is 1.33 bits per heavy atom. The summed E-state index contributed by atoms with van der Waals surface area (Å²) < 4.78 is 2.36. The van der Waals surface area contributed by atoms with Crippen molar-refractivity contribution >= 4 is 22.4 Å². The van der Waals surface area contributed by atoms with Crippen LogP contribution in [0.3, 0.4) is 0 Å². The SMILES string of the molecule is CCc1ccc(-c2nc3cc(C#N)ccc3n2C2CC2)s1. The van der Waals surface area contributed by atoms with E-state index < -0.39 is 0 Å². The van der Waals surface area contributed by atoms with E-state index in [9.17, 15) is 0 Å². The monoisotopic (exact) mass is 293 g/mol. The fourth-order valence-corrected chi connectivity index (χ4v) is 3.67. The van der Waals surface area contributed by atoms with Gasteiger partial charge in [-0.3, -0.25) is 0 Å². The zero-order chi connectivity index (χ0) is 14.4. The molecule has 0 atom stereocenters. The lowest BCUT2D eigenvalue weighted by atomic mass is 10.2. The lowest BCUT2D eigenvalue weighted by Gasteiger charge is -2.05. The summed E-state index contributed by atoms with van der Waals surface area (Å²) in [4.78, 5) is 7.44. The number of nitriles is 1. The lowest BCUT2D eigenvalue weighted by molar-refractivity contribution is 0.777. The van der Waals surface area contributed by atoms with Gasteiger partial charge in [-0.2, -0.15) is 5.26 Å². The fraction of sp³-hybridized carbons (Fsp3) is 0.294. The molecular weight excluding hydrogens is 278 g/mol. The summed E-state index contributed by atoms with van der Waals surface area (Å²) in [6.45, 7) is 2.18. The molecule has 1 aromatic carbocycles. The van der Waals surface area contributed by atoms with Gasteiger partial charge in [0.25, 0.3) is 0 Å². The molecule has 1 aliphatic rings. The van der Waals surface area contributed by atoms with E-state index in [0.29, 0.717) is 11.6 Å². The van der Waals surface area contributed by atoms with Crippen molar-refractivity contribution in [1.82, 2.24) is 9.55 Å². The number of rotatable bonds is 3. The number of aryl methyl sites for hydroxylation is 1. The maximum atomic E-state index is 9.06. The Morgan fingerprint density at radius 3 is 2.86 bits per heavy atom. The van der Waals surface area contributed by atoms with Crippen LogP contribution < -0.4 is 0 Å². The quantitative estimate of drug-likeness (QED) is 0.711. The smallest absolute Gasteiger partial charge is 0.151 e. The number of hydrogen-bond acceptors (Lipinski definition) is 3. The van der Waals surface area contributed by atoms with Crippen molar-refractivity contribution in [3.63, 3.8) is 0 Å². The summed E-state index contributed by atoms with van der Waals surface area (Å²) in [7, 11) is 0. The van der Waals surface area contributed by atoms with Crippen LogP contribution in [0.15, 0.2) is 30.3 Å². The molecule has 4 rings (SSSR count). The standard InChI is InChI=1S/C17H15N3S/c1-2-13-6-8-16(21-13)17-19-14-9-11(10-18)3-7-15(14)20(17)12-4-5-12/h3,6-9,12H,2,4-5H2,1H3. The molecule has 0 spiro atoms. The highest BCUT2D eigenvalue weighted by Gasteiger charge is 2.29. The Hall–Kier alpha value is -2.12. The summed E-state index contributed by atoms with van der Waals surface area (Å²) in [5.41, 5.74) is 2.76. The van der Waals surface area contributed by atoms with Crippen LogP contribution in [0, 0.1) is 11.3 Å². The Labute approximate surface area is 127 Å². The zero-order valence-electron chi connectivity index (χ0n) is 11.8. The van der Waals surface area contributed by atoms with Crippen LogP contribution >= 0.6 is 11.3 Å². The van der Waals surface area contributed by atoms with Gasteiger partial charge in [-0.1, -0.05) is 6.92 Å². The number of nitrogens with zero attached hydrogens (tertiary/aromatic N) is 3. The minimum absolute atomic E-state index is 0.574. The molecule has 2 aromatic heterocycles. The molecule has 0 N–H and O–H groups in total. The molecule has 1 fully saturated rings. The maximum absolute atomic E-state index is 9.06. The Kier molecular flexibility index (Phi) is 2.83.